The van der Waals surface area contributed by atoms with Crippen LogP contribution in [0, 0.1) is 12.3 Å². The van der Waals surface area contributed by atoms with Crippen LogP contribution in [0.4, 0.5) is 11.4 Å². The number of thioether (sulfide) groups is 1. The maximum atomic E-state index is 5.74. The van der Waals surface area contributed by atoms with E-state index in [1.165, 1.54) is 0 Å². The van der Waals surface area contributed by atoms with Gasteiger partial charge in [0.2, 0.25) is 0 Å². The van der Waals surface area contributed by atoms with Crippen molar-refractivity contribution in [3.63, 3.8) is 0 Å². The van der Waals surface area contributed by atoms with Crippen LogP contribution in [0.2, 0.25) is 0 Å². The average Bonchev–Trinajstić information content (AvgIpc) is 2.28. The molecule has 0 heterocycles. The monoisotopic (exact) mass is 236 g/mol. The summed E-state index contributed by atoms with van der Waals surface area (Å²) >= 11 is 1.73. The Morgan fingerprint density at radius 3 is 3.00 bits per heavy atom. The second-order valence-corrected chi connectivity index (χ2v) is 4.28. The maximum Gasteiger partial charge on any atom is 0.122 e. The third-order valence-corrected chi connectivity index (χ3v) is 2.79. The van der Waals surface area contributed by atoms with Crippen LogP contribution in [-0.2, 0) is 0 Å². The van der Waals surface area contributed by atoms with Crippen LogP contribution in [0.5, 0.6) is 5.75 Å². The molecule has 0 saturated heterocycles. The van der Waals surface area contributed by atoms with Crippen molar-refractivity contribution < 1.29 is 4.74 Å². The van der Waals surface area contributed by atoms with Crippen LogP contribution >= 0.6 is 11.8 Å². The van der Waals surface area contributed by atoms with Gasteiger partial charge >= 0.3 is 0 Å². The normalized spacial score (nSPS) is 9.50. The Hall–Kier alpha value is -1.47. The highest BCUT2D eigenvalue weighted by Gasteiger charge is 1.98. The molecule has 3 nitrogen and oxygen atoms in total. The Morgan fingerprint density at radius 1 is 1.50 bits per heavy atom. The molecule has 3 N–H and O–H groups in total. The molecule has 0 fully saturated rings. The summed E-state index contributed by atoms with van der Waals surface area (Å²) in [5.74, 6) is 5.08. The first-order valence-electron chi connectivity index (χ1n) is 4.96. The highest BCUT2D eigenvalue weighted by atomic mass is 32.2. The van der Waals surface area contributed by atoms with Crippen molar-refractivity contribution in [3.8, 4) is 18.1 Å². The lowest BCUT2D eigenvalue weighted by Crippen LogP contribution is -2.05. The second-order valence-electron chi connectivity index (χ2n) is 3.18. The number of terminal acetylenes is 1. The fourth-order valence-electron chi connectivity index (χ4n) is 1.24. The fraction of sp³-hybridized carbons (Fsp3) is 0.333. The molecule has 1 aromatic carbocycles. The highest BCUT2D eigenvalue weighted by molar-refractivity contribution is 7.99. The van der Waals surface area contributed by atoms with E-state index in [9.17, 15) is 0 Å². The van der Waals surface area contributed by atoms with E-state index in [-0.39, 0.29) is 0 Å². The number of benzene rings is 1. The summed E-state index contributed by atoms with van der Waals surface area (Å²) in [6.45, 7) is 0.860. The molecule has 1 rings (SSSR count). The Kier molecular flexibility index (Phi) is 5.44. The molecule has 0 aliphatic heterocycles. The lowest BCUT2D eigenvalue weighted by atomic mass is 10.2. The van der Waals surface area contributed by atoms with Gasteiger partial charge in [0, 0.05) is 35.8 Å². The van der Waals surface area contributed by atoms with Gasteiger partial charge in [0.15, 0.2) is 0 Å². The van der Waals surface area contributed by atoms with Crippen molar-refractivity contribution in [1.29, 1.82) is 0 Å². The van der Waals surface area contributed by atoms with E-state index in [1.54, 1.807) is 24.9 Å². The van der Waals surface area contributed by atoms with Crippen LogP contribution in [0.25, 0.3) is 0 Å². The summed E-state index contributed by atoms with van der Waals surface area (Å²) in [6, 6.07) is 5.59. The zero-order chi connectivity index (χ0) is 11.8. The summed E-state index contributed by atoms with van der Waals surface area (Å²) < 4.78 is 5.13. The van der Waals surface area contributed by atoms with Crippen molar-refractivity contribution in [2.75, 3.05) is 36.2 Å². The Balaban J connectivity index is 2.41. The van der Waals surface area contributed by atoms with E-state index in [2.05, 4.69) is 11.2 Å². The maximum absolute atomic E-state index is 5.74. The number of rotatable bonds is 6. The number of nitrogens with two attached hydrogens (primary N) is 1. The van der Waals surface area contributed by atoms with Gasteiger partial charge in [0.05, 0.1) is 12.9 Å². The molecule has 0 spiro atoms. The number of hydrogen-bond acceptors (Lipinski definition) is 4. The lowest BCUT2D eigenvalue weighted by Gasteiger charge is -2.08. The Morgan fingerprint density at radius 2 is 2.31 bits per heavy atom. The van der Waals surface area contributed by atoms with Crippen LogP contribution in [0.15, 0.2) is 18.2 Å². The van der Waals surface area contributed by atoms with Crippen LogP contribution < -0.4 is 15.8 Å². The number of methoxy groups -OCH3 is 1. The van der Waals surface area contributed by atoms with Gasteiger partial charge in [-0.25, -0.2) is 0 Å². The quantitative estimate of drug-likeness (QED) is 0.451. The molecule has 4 heteroatoms. The van der Waals surface area contributed by atoms with Gasteiger partial charge in [-0.2, -0.15) is 0 Å². The van der Waals surface area contributed by atoms with Crippen molar-refractivity contribution >= 4 is 23.1 Å². The smallest absolute Gasteiger partial charge is 0.122 e. The average molecular weight is 236 g/mol. The van der Waals surface area contributed by atoms with Gasteiger partial charge in [0.1, 0.15) is 5.75 Å². The number of hydrogen-bond donors (Lipinski definition) is 2. The molecule has 0 radical (unpaired) electrons. The molecule has 0 aromatic heterocycles. The van der Waals surface area contributed by atoms with Crippen molar-refractivity contribution in [2.45, 2.75) is 0 Å². The summed E-state index contributed by atoms with van der Waals surface area (Å²) in [5, 5.41) is 3.27. The highest BCUT2D eigenvalue weighted by Crippen LogP contribution is 2.21. The first-order chi connectivity index (χ1) is 7.76. The molecule has 0 saturated carbocycles. The lowest BCUT2D eigenvalue weighted by molar-refractivity contribution is 0.415. The molecule has 0 aliphatic rings. The molecule has 0 atom stereocenters. The van der Waals surface area contributed by atoms with Crippen molar-refractivity contribution in [2.24, 2.45) is 0 Å². The van der Waals surface area contributed by atoms with E-state index < -0.39 is 0 Å². The van der Waals surface area contributed by atoms with Gasteiger partial charge in [-0.3, -0.25) is 0 Å². The van der Waals surface area contributed by atoms with Gasteiger partial charge in [0.25, 0.3) is 0 Å². The predicted octanol–water partition coefficient (Wildman–Crippen LogP) is 2.06. The van der Waals surface area contributed by atoms with Crippen LogP contribution in [-0.4, -0.2) is 25.2 Å². The standard InChI is InChI=1S/C12H16N2OS/c1-3-5-16-6-4-14-11-7-10(13)8-12(9-11)15-2/h1,7-9,14H,4-6,13H2,2H3. The molecular weight excluding hydrogens is 220 g/mol. The summed E-state index contributed by atoms with van der Waals surface area (Å²) in [7, 11) is 1.63. The van der Waals surface area contributed by atoms with Crippen LogP contribution in [0.3, 0.4) is 0 Å². The van der Waals surface area contributed by atoms with Gasteiger partial charge in [-0.1, -0.05) is 5.92 Å². The summed E-state index contributed by atoms with van der Waals surface area (Å²) in [6.07, 6.45) is 5.16. The Labute approximate surface area is 101 Å². The molecule has 0 aliphatic carbocycles. The Bertz CT molecular complexity index is 374. The molecule has 0 unspecified atom stereocenters. The topological polar surface area (TPSA) is 47.3 Å². The van der Waals surface area contributed by atoms with Crippen molar-refractivity contribution in [3.05, 3.63) is 18.2 Å². The minimum absolute atomic E-state index is 0.693. The van der Waals surface area contributed by atoms with Gasteiger partial charge in [-0.05, 0) is 6.07 Å². The first-order valence-corrected chi connectivity index (χ1v) is 6.11. The third kappa shape index (κ3) is 4.37. The SMILES string of the molecule is C#CCSCCNc1cc(N)cc(OC)c1. The summed E-state index contributed by atoms with van der Waals surface area (Å²) in [4.78, 5) is 0. The minimum Gasteiger partial charge on any atom is -0.497 e. The van der Waals surface area contributed by atoms with Crippen molar-refractivity contribution in [1.82, 2.24) is 0 Å². The number of ether oxygens (including phenoxy) is 1. The molecule has 1 aromatic rings. The number of nitrogens with one attached hydrogen (secondary N) is 1. The fourth-order valence-corrected chi connectivity index (χ4v) is 1.75. The van der Waals surface area contributed by atoms with E-state index in [4.69, 9.17) is 16.9 Å². The van der Waals surface area contributed by atoms with E-state index >= 15 is 0 Å². The second kappa shape index (κ2) is 6.91. The predicted molar refractivity (Wildman–Crippen MR) is 72.1 cm³/mol. The number of nitrogen functional groups attached to an aromatic ring is 1. The third-order valence-electron chi connectivity index (χ3n) is 1.93. The van der Waals surface area contributed by atoms with E-state index in [0.29, 0.717) is 5.69 Å². The first kappa shape index (κ1) is 12.6. The zero-order valence-corrected chi connectivity index (χ0v) is 10.1. The molecule has 16 heavy (non-hydrogen) atoms. The van der Waals surface area contributed by atoms with Gasteiger partial charge < -0.3 is 15.8 Å². The zero-order valence-electron chi connectivity index (χ0n) is 9.32. The largest absolute Gasteiger partial charge is 0.497 e. The molecule has 0 amide bonds. The minimum atomic E-state index is 0.693. The van der Waals surface area contributed by atoms with E-state index in [1.807, 2.05) is 12.1 Å². The van der Waals surface area contributed by atoms with Gasteiger partial charge in [-0.15, -0.1) is 18.2 Å². The molecule has 86 valence electrons. The molecular formula is C12H16N2OS. The summed E-state index contributed by atoms with van der Waals surface area (Å²) in [5.41, 5.74) is 7.40. The van der Waals surface area contributed by atoms with Crippen LogP contribution in [0.1, 0.15) is 0 Å². The number of anilines is 2. The van der Waals surface area contributed by atoms with E-state index in [0.717, 1.165) is 29.5 Å². The molecule has 0 bridgehead atoms.